The van der Waals surface area contributed by atoms with E-state index in [-0.39, 0.29) is 11.5 Å². The molecule has 7 nitrogen and oxygen atoms in total. The maximum Gasteiger partial charge on any atom is 0.490 e. The van der Waals surface area contributed by atoms with Gasteiger partial charge in [-0.1, -0.05) is 24.3 Å². The predicted molar refractivity (Wildman–Crippen MR) is 128 cm³/mol. The number of aliphatic carboxylic acids is 1. The Hall–Kier alpha value is -3.18. The number of carbonyl (C=O) groups excluding carboxylic acids is 1. The minimum absolute atomic E-state index is 0.0234. The first-order valence-electron chi connectivity index (χ1n) is 11.0. The molecule has 1 aliphatic rings. The third-order valence-electron chi connectivity index (χ3n) is 5.80. The van der Waals surface area contributed by atoms with Gasteiger partial charge in [-0.3, -0.25) is 14.5 Å². The number of pyridine rings is 1. The van der Waals surface area contributed by atoms with Gasteiger partial charge in [0.2, 0.25) is 5.91 Å². The van der Waals surface area contributed by atoms with E-state index in [0.717, 1.165) is 44.5 Å². The Bertz CT molecular complexity index is 1200. The number of carbonyl (C=O) groups is 2. The molecular formula is C24H26F3N3O4S. The van der Waals surface area contributed by atoms with E-state index in [1.54, 1.807) is 22.1 Å². The van der Waals surface area contributed by atoms with Crippen LogP contribution in [-0.2, 0) is 16.0 Å². The highest BCUT2D eigenvalue weighted by molar-refractivity contribution is 7.09. The number of carboxylic acids is 1. The molecule has 1 aromatic carbocycles. The predicted octanol–water partition coefficient (Wildman–Crippen LogP) is 3.64. The van der Waals surface area contributed by atoms with E-state index in [9.17, 15) is 22.8 Å². The number of thiophene rings is 1. The number of alkyl halides is 3. The normalized spacial score (nSPS) is 15.4. The Morgan fingerprint density at radius 3 is 2.31 bits per heavy atom. The third kappa shape index (κ3) is 6.92. The van der Waals surface area contributed by atoms with Gasteiger partial charge in [0.1, 0.15) is 6.04 Å². The fraction of sp³-hybridized carbons (Fsp3) is 0.375. The highest BCUT2D eigenvalue weighted by Gasteiger charge is 2.38. The van der Waals surface area contributed by atoms with Crippen molar-refractivity contribution in [1.82, 2.24) is 14.4 Å². The van der Waals surface area contributed by atoms with Gasteiger partial charge in [-0.2, -0.15) is 13.2 Å². The molecule has 3 aromatic rings. The first-order valence-corrected chi connectivity index (χ1v) is 11.9. The topological polar surface area (TPSA) is 82.9 Å². The zero-order chi connectivity index (χ0) is 25.6. The van der Waals surface area contributed by atoms with E-state index in [2.05, 4.69) is 22.4 Å². The number of amides is 1. The smallest absolute Gasteiger partial charge is 0.475 e. The molecule has 1 unspecified atom stereocenters. The van der Waals surface area contributed by atoms with Gasteiger partial charge in [0.15, 0.2) is 0 Å². The Morgan fingerprint density at radius 1 is 1.06 bits per heavy atom. The highest BCUT2D eigenvalue weighted by atomic mass is 32.1. The average Bonchev–Trinajstić information content (AvgIpc) is 3.36. The van der Waals surface area contributed by atoms with Gasteiger partial charge < -0.3 is 14.6 Å². The Kier molecular flexibility index (Phi) is 8.68. The molecule has 0 aliphatic carbocycles. The van der Waals surface area contributed by atoms with Gasteiger partial charge in [0.05, 0.1) is 0 Å². The molecule has 0 saturated carbocycles. The van der Waals surface area contributed by atoms with Gasteiger partial charge in [0.25, 0.3) is 5.56 Å². The van der Waals surface area contributed by atoms with Crippen LogP contribution < -0.4 is 5.56 Å². The van der Waals surface area contributed by atoms with E-state index >= 15 is 0 Å². The van der Waals surface area contributed by atoms with Crippen LogP contribution in [0.2, 0.25) is 0 Å². The van der Waals surface area contributed by atoms with Gasteiger partial charge in [-0.05, 0) is 42.3 Å². The van der Waals surface area contributed by atoms with Crippen LogP contribution in [-0.4, -0.2) is 70.3 Å². The van der Waals surface area contributed by atoms with E-state index in [1.807, 2.05) is 42.2 Å². The molecule has 1 N–H and O–H groups in total. The Labute approximate surface area is 204 Å². The summed E-state index contributed by atoms with van der Waals surface area (Å²) in [6, 6.07) is 13.2. The molecule has 11 heteroatoms. The summed E-state index contributed by atoms with van der Waals surface area (Å²) in [6.07, 6.45) is -2.28. The van der Waals surface area contributed by atoms with Crippen molar-refractivity contribution in [2.45, 2.75) is 25.6 Å². The van der Waals surface area contributed by atoms with Gasteiger partial charge in [-0.25, -0.2) is 4.79 Å². The molecule has 188 valence electrons. The molecule has 35 heavy (non-hydrogen) atoms. The maximum absolute atomic E-state index is 13.0. The fourth-order valence-corrected chi connectivity index (χ4v) is 4.51. The molecule has 0 spiro atoms. The first-order chi connectivity index (χ1) is 16.6. The van der Waals surface area contributed by atoms with Crippen molar-refractivity contribution in [3.05, 3.63) is 69.3 Å². The maximum atomic E-state index is 13.0. The van der Waals surface area contributed by atoms with Crippen LogP contribution in [0, 0.1) is 0 Å². The molecule has 0 radical (unpaired) electrons. The van der Waals surface area contributed by atoms with Crippen molar-refractivity contribution in [1.29, 1.82) is 0 Å². The molecule has 1 saturated heterocycles. The number of piperazine rings is 1. The van der Waals surface area contributed by atoms with E-state index in [0.29, 0.717) is 5.39 Å². The molecule has 1 fully saturated rings. The molecule has 1 amide bonds. The number of fused-ring (bicyclic) bond motifs is 1. The lowest BCUT2D eigenvalue weighted by molar-refractivity contribution is -0.192. The molecule has 3 heterocycles. The summed E-state index contributed by atoms with van der Waals surface area (Å²) in [5, 5.41) is 10.8. The highest BCUT2D eigenvalue weighted by Crippen LogP contribution is 2.16. The van der Waals surface area contributed by atoms with Crippen LogP contribution in [0.1, 0.15) is 17.8 Å². The van der Waals surface area contributed by atoms with Gasteiger partial charge >= 0.3 is 12.1 Å². The second-order valence-corrected chi connectivity index (χ2v) is 9.12. The van der Waals surface area contributed by atoms with Gasteiger partial charge in [-0.15, -0.1) is 11.3 Å². The van der Waals surface area contributed by atoms with E-state index < -0.39 is 18.2 Å². The van der Waals surface area contributed by atoms with Crippen LogP contribution in [0.25, 0.3) is 10.8 Å². The summed E-state index contributed by atoms with van der Waals surface area (Å²) < 4.78 is 33.3. The monoisotopic (exact) mass is 509 g/mol. The van der Waals surface area contributed by atoms with Crippen LogP contribution in [0.5, 0.6) is 0 Å². The summed E-state index contributed by atoms with van der Waals surface area (Å²) in [4.78, 5) is 40.4. The molecule has 0 bridgehead atoms. The lowest BCUT2D eigenvalue weighted by Crippen LogP contribution is -2.51. The number of halogens is 3. The molecular weight excluding hydrogens is 483 g/mol. The van der Waals surface area contributed by atoms with Crippen molar-refractivity contribution in [2.75, 3.05) is 32.7 Å². The number of carboxylic acid groups (broad SMARTS) is 1. The quantitative estimate of drug-likeness (QED) is 0.568. The number of hydrogen-bond acceptors (Lipinski definition) is 5. The van der Waals surface area contributed by atoms with Crippen LogP contribution in [0.15, 0.2) is 58.8 Å². The van der Waals surface area contributed by atoms with Crippen molar-refractivity contribution >= 4 is 34.0 Å². The van der Waals surface area contributed by atoms with Crippen molar-refractivity contribution < 1.29 is 27.9 Å². The molecule has 1 atom stereocenters. The molecule has 1 aliphatic heterocycles. The van der Waals surface area contributed by atoms with E-state index in [1.165, 1.54) is 4.88 Å². The number of benzene rings is 1. The Balaban J connectivity index is 0.000000429. The average molecular weight is 510 g/mol. The zero-order valence-electron chi connectivity index (χ0n) is 19.1. The third-order valence-corrected chi connectivity index (χ3v) is 6.73. The molecule has 4 rings (SSSR count). The van der Waals surface area contributed by atoms with Crippen LogP contribution in [0.4, 0.5) is 13.2 Å². The largest absolute Gasteiger partial charge is 0.490 e. The van der Waals surface area contributed by atoms with Crippen molar-refractivity contribution in [3.8, 4) is 0 Å². The standard InChI is InChI=1S/C22H25N3O2S.C2HF3O2/c1-17(25-11-8-18-5-2-3-7-20(18)22(25)27)21(26)24-14-12-23(13-15-24)10-9-19-6-4-16-28-19;3-2(4,5)1(6)7/h2-8,11,16-17H,9-10,12-15H2,1H3;(H,6,7). The Morgan fingerprint density at radius 2 is 1.71 bits per heavy atom. The number of rotatable bonds is 5. The second kappa shape index (κ2) is 11.5. The van der Waals surface area contributed by atoms with Crippen molar-refractivity contribution in [3.63, 3.8) is 0 Å². The number of hydrogen-bond donors (Lipinski definition) is 1. The second-order valence-electron chi connectivity index (χ2n) is 8.09. The number of nitrogens with zero attached hydrogens (tertiary/aromatic N) is 3. The SMILES string of the molecule is CC(C(=O)N1CCN(CCc2cccs2)CC1)n1ccc2ccccc2c1=O.O=C(O)C(F)(F)F. The van der Waals surface area contributed by atoms with E-state index in [4.69, 9.17) is 9.90 Å². The number of aromatic nitrogens is 1. The van der Waals surface area contributed by atoms with Gasteiger partial charge in [0, 0.05) is 49.2 Å². The zero-order valence-corrected chi connectivity index (χ0v) is 19.9. The van der Waals surface area contributed by atoms with Crippen LogP contribution >= 0.6 is 11.3 Å². The lowest BCUT2D eigenvalue weighted by atomic mass is 10.1. The van der Waals surface area contributed by atoms with Crippen molar-refractivity contribution in [2.24, 2.45) is 0 Å². The summed E-state index contributed by atoms with van der Waals surface area (Å²) in [5.74, 6) is -2.73. The fourth-order valence-electron chi connectivity index (χ4n) is 3.81. The minimum Gasteiger partial charge on any atom is -0.475 e. The minimum atomic E-state index is -5.08. The first kappa shape index (κ1) is 26.4. The lowest BCUT2D eigenvalue weighted by Gasteiger charge is -2.36. The summed E-state index contributed by atoms with van der Waals surface area (Å²) >= 11 is 1.80. The summed E-state index contributed by atoms with van der Waals surface area (Å²) in [7, 11) is 0. The summed E-state index contributed by atoms with van der Waals surface area (Å²) in [5.41, 5.74) is -0.103. The summed E-state index contributed by atoms with van der Waals surface area (Å²) in [6.45, 7) is 6.06. The van der Waals surface area contributed by atoms with Crippen LogP contribution in [0.3, 0.4) is 0 Å². The molecule has 2 aromatic heterocycles.